The van der Waals surface area contributed by atoms with Gasteiger partial charge in [-0.1, -0.05) is 5.16 Å². The molecule has 1 aliphatic heterocycles. The number of nitrogens with zero attached hydrogens (tertiary/aromatic N) is 2. The molecule has 0 bridgehead atoms. The van der Waals surface area contributed by atoms with Gasteiger partial charge in [0.25, 0.3) is 0 Å². The number of rotatable bonds is 3. The SMILES string of the molecule is Cc1noc(NCC2COCCN2)n1. The topological polar surface area (TPSA) is 72.2 Å². The maximum Gasteiger partial charge on any atom is 0.321 e. The summed E-state index contributed by atoms with van der Waals surface area (Å²) in [4.78, 5) is 4.04. The van der Waals surface area contributed by atoms with Crippen LogP contribution in [0.2, 0.25) is 0 Å². The molecular formula is C8H14N4O2. The molecule has 0 amide bonds. The second-order valence-electron chi connectivity index (χ2n) is 3.25. The lowest BCUT2D eigenvalue weighted by atomic mass is 10.3. The Hall–Kier alpha value is -1.14. The van der Waals surface area contributed by atoms with Crippen molar-refractivity contribution in [3.63, 3.8) is 0 Å². The summed E-state index contributed by atoms with van der Waals surface area (Å²) in [6.07, 6.45) is 0. The smallest absolute Gasteiger partial charge is 0.321 e. The fourth-order valence-corrected chi connectivity index (χ4v) is 1.33. The van der Waals surface area contributed by atoms with Crippen LogP contribution in [-0.2, 0) is 4.74 Å². The number of nitrogens with one attached hydrogen (secondary N) is 2. The molecule has 1 fully saturated rings. The lowest BCUT2D eigenvalue weighted by Crippen LogP contribution is -2.45. The van der Waals surface area contributed by atoms with Gasteiger partial charge in [0.2, 0.25) is 0 Å². The van der Waals surface area contributed by atoms with Crippen molar-refractivity contribution in [2.45, 2.75) is 13.0 Å². The van der Waals surface area contributed by atoms with Gasteiger partial charge in [-0.25, -0.2) is 0 Å². The van der Waals surface area contributed by atoms with Crippen molar-refractivity contribution in [1.82, 2.24) is 15.5 Å². The Balaban J connectivity index is 1.76. The first-order valence-corrected chi connectivity index (χ1v) is 4.70. The van der Waals surface area contributed by atoms with Gasteiger partial charge in [0.05, 0.1) is 13.2 Å². The van der Waals surface area contributed by atoms with E-state index in [1.165, 1.54) is 0 Å². The lowest BCUT2D eigenvalue weighted by Gasteiger charge is -2.23. The molecule has 0 aromatic carbocycles. The minimum absolute atomic E-state index is 0.316. The zero-order valence-electron chi connectivity index (χ0n) is 8.12. The van der Waals surface area contributed by atoms with Crippen LogP contribution in [0.15, 0.2) is 4.52 Å². The van der Waals surface area contributed by atoms with Crippen molar-refractivity contribution in [3.8, 4) is 0 Å². The molecular weight excluding hydrogens is 184 g/mol. The van der Waals surface area contributed by atoms with E-state index < -0.39 is 0 Å². The van der Waals surface area contributed by atoms with Crippen LogP contribution >= 0.6 is 0 Å². The Kier molecular flexibility index (Phi) is 2.95. The van der Waals surface area contributed by atoms with Crippen LogP contribution in [0.5, 0.6) is 0 Å². The van der Waals surface area contributed by atoms with Gasteiger partial charge in [0.15, 0.2) is 5.82 Å². The van der Waals surface area contributed by atoms with Crippen LogP contribution < -0.4 is 10.6 Å². The molecule has 1 aromatic heterocycles. The summed E-state index contributed by atoms with van der Waals surface area (Å²) in [5, 5.41) is 10.1. The van der Waals surface area contributed by atoms with E-state index in [0.29, 0.717) is 17.9 Å². The maximum atomic E-state index is 5.31. The minimum Gasteiger partial charge on any atom is -0.378 e. The van der Waals surface area contributed by atoms with Gasteiger partial charge in [0, 0.05) is 19.1 Å². The van der Waals surface area contributed by atoms with E-state index in [1.54, 1.807) is 6.92 Å². The van der Waals surface area contributed by atoms with Gasteiger partial charge in [-0.15, -0.1) is 0 Å². The molecule has 6 heteroatoms. The summed E-state index contributed by atoms with van der Waals surface area (Å²) in [6, 6.07) is 0.783. The third-order valence-corrected chi connectivity index (χ3v) is 2.03. The van der Waals surface area contributed by atoms with E-state index in [-0.39, 0.29) is 0 Å². The first-order valence-electron chi connectivity index (χ1n) is 4.70. The van der Waals surface area contributed by atoms with Crippen molar-refractivity contribution in [2.24, 2.45) is 0 Å². The molecule has 0 aliphatic carbocycles. The molecule has 78 valence electrons. The zero-order chi connectivity index (χ0) is 9.80. The highest BCUT2D eigenvalue weighted by molar-refractivity contribution is 5.18. The van der Waals surface area contributed by atoms with E-state index in [0.717, 1.165) is 26.3 Å². The van der Waals surface area contributed by atoms with Gasteiger partial charge in [-0.2, -0.15) is 4.98 Å². The summed E-state index contributed by atoms with van der Waals surface area (Å²) in [7, 11) is 0. The molecule has 0 radical (unpaired) electrons. The van der Waals surface area contributed by atoms with Gasteiger partial charge >= 0.3 is 6.01 Å². The first kappa shape index (κ1) is 9.42. The predicted octanol–water partition coefficient (Wildman–Crippen LogP) is -0.222. The quantitative estimate of drug-likeness (QED) is 0.699. The van der Waals surface area contributed by atoms with Gasteiger partial charge in [-0.05, 0) is 6.92 Å². The van der Waals surface area contributed by atoms with E-state index in [4.69, 9.17) is 9.26 Å². The molecule has 2 rings (SSSR count). The van der Waals surface area contributed by atoms with Crippen LogP contribution in [0.4, 0.5) is 6.01 Å². The van der Waals surface area contributed by atoms with Crippen molar-refractivity contribution < 1.29 is 9.26 Å². The van der Waals surface area contributed by atoms with Crippen molar-refractivity contribution in [1.29, 1.82) is 0 Å². The number of ether oxygens (including phenoxy) is 1. The third kappa shape index (κ3) is 2.43. The molecule has 1 aliphatic rings. The van der Waals surface area contributed by atoms with Crippen molar-refractivity contribution in [2.75, 3.05) is 31.6 Å². The molecule has 0 saturated carbocycles. The summed E-state index contributed by atoms with van der Waals surface area (Å²) >= 11 is 0. The third-order valence-electron chi connectivity index (χ3n) is 2.03. The number of anilines is 1. The van der Waals surface area contributed by atoms with Crippen LogP contribution in [0.3, 0.4) is 0 Å². The number of hydrogen-bond acceptors (Lipinski definition) is 6. The normalized spacial score (nSPS) is 22.2. The van der Waals surface area contributed by atoms with Crippen LogP contribution in [-0.4, -0.2) is 42.5 Å². The van der Waals surface area contributed by atoms with Gasteiger partial charge in [0.1, 0.15) is 0 Å². The van der Waals surface area contributed by atoms with E-state index >= 15 is 0 Å². The predicted molar refractivity (Wildman–Crippen MR) is 50.1 cm³/mol. The van der Waals surface area contributed by atoms with Crippen LogP contribution in [0.25, 0.3) is 0 Å². The largest absolute Gasteiger partial charge is 0.378 e. The number of aromatic nitrogens is 2. The maximum absolute atomic E-state index is 5.31. The second-order valence-corrected chi connectivity index (χ2v) is 3.25. The highest BCUT2D eigenvalue weighted by Gasteiger charge is 2.13. The minimum atomic E-state index is 0.316. The lowest BCUT2D eigenvalue weighted by molar-refractivity contribution is 0.0805. The van der Waals surface area contributed by atoms with Gasteiger partial charge < -0.3 is 19.9 Å². The Morgan fingerprint density at radius 3 is 3.21 bits per heavy atom. The first-order chi connectivity index (χ1) is 6.84. The zero-order valence-corrected chi connectivity index (χ0v) is 8.12. The van der Waals surface area contributed by atoms with E-state index in [9.17, 15) is 0 Å². The molecule has 1 aromatic rings. The monoisotopic (exact) mass is 198 g/mol. The van der Waals surface area contributed by atoms with Crippen LogP contribution in [0.1, 0.15) is 5.82 Å². The molecule has 14 heavy (non-hydrogen) atoms. The van der Waals surface area contributed by atoms with Gasteiger partial charge in [-0.3, -0.25) is 0 Å². The number of hydrogen-bond donors (Lipinski definition) is 2. The second kappa shape index (κ2) is 4.39. The summed E-state index contributed by atoms with van der Waals surface area (Å²) < 4.78 is 10.2. The number of morpholine rings is 1. The van der Waals surface area contributed by atoms with Crippen molar-refractivity contribution in [3.05, 3.63) is 5.82 Å². The average Bonchev–Trinajstić information content (AvgIpc) is 2.63. The molecule has 2 N–H and O–H groups in total. The average molecular weight is 198 g/mol. The van der Waals surface area contributed by atoms with E-state index in [1.807, 2.05) is 0 Å². The summed E-state index contributed by atoms with van der Waals surface area (Å²) in [6.45, 7) is 4.93. The molecule has 1 atom stereocenters. The summed E-state index contributed by atoms with van der Waals surface area (Å²) in [5.74, 6) is 0.639. The van der Waals surface area contributed by atoms with Crippen molar-refractivity contribution >= 4 is 6.01 Å². The highest BCUT2D eigenvalue weighted by Crippen LogP contribution is 2.02. The fraction of sp³-hybridized carbons (Fsp3) is 0.750. The fourth-order valence-electron chi connectivity index (χ4n) is 1.33. The molecule has 6 nitrogen and oxygen atoms in total. The Labute approximate surface area is 82.0 Å². The summed E-state index contributed by atoms with van der Waals surface area (Å²) in [5.41, 5.74) is 0. The molecule has 2 heterocycles. The Morgan fingerprint density at radius 1 is 1.64 bits per heavy atom. The Bertz CT molecular complexity index is 283. The standard InChI is InChI=1S/C8H14N4O2/c1-6-11-8(14-12-6)10-4-7-5-13-3-2-9-7/h7,9H,2-5H2,1H3,(H,10,11,12). The van der Waals surface area contributed by atoms with Crippen LogP contribution in [0, 0.1) is 6.92 Å². The van der Waals surface area contributed by atoms with E-state index in [2.05, 4.69) is 20.8 Å². The number of aryl methyl sites for hydroxylation is 1. The highest BCUT2D eigenvalue weighted by atomic mass is 16.5. The molecule has 1 unspecified atom stereocenters. The molecule has 0 spiro atoms. The Morgan fingerprint density at radius 2 is 2.57 bits per heavy atom. The molecule has 1 saturated heterocycles.